The molecule has 2 aliphatic heterocycles. The van der Waals surface area contributed by atoms with Gasteiger partial charge in [0.1, 0.15) is 6.61 Å². The smallest absolute Gasteiger partial charge is 0.248 e. The summed E-state index contributed by atoms with van der Waals surface area (Å²) in [6.45, 7) is 10.6. The van der Waals surface area contributed by atoms with Crippen molar-refractivity contribution in [3.05, 3.63) is 30.3 Å². The number of nitrogens with zero attached hydrogens (tertiary/aromatic N) is 4. The molecule has 0 spiro atoms. The molecule has 0 atom stereocenters. The lowest BCUT2D eigenvalue weighted by Gasteiger charge is -2.37. The third kappa shape index (κ3) is 5.43. The van der Waals surface area contributed by atoms with Crippen molar-refractivity contribution >= 4 is 11.6 Å². The van der Waals surface area contributed by atoms with Gasteiger partial charge in [0, 0.05) is 71.7 Å². The maximum Gasteiger partial charge on any atom is 0.248 e. The second-order valence-electron chi connectivity index (χ2n) is 7.17. The fourth-order valence-electron chi connectivity index (χ4n) is 3.81. The molecule has 0 unspecified atom stereocenters. The van der Waals surface area contributed by atoms with Crippen LogP contribution in [-0.4, -0.2) is 99.8 Å². The van der Waals surface area contributed by atoms with Crippen LogP contribution in [0.3, 0.4) is 0 Å². The van der Waals surface area contributed by atoms with Crippen LogP contribution < -0.4 is 4.90 Å². The van der Waals surface area contributed by atoms with Gasteiger partial charge in [-0.1, -0.05) is 18.2 Å². The molecule has 0 bridgehead atoms. The zero-order valence-corrected chi connectivity index (χ0v) is 16.0. The van der Waals surface area contributed by atoms with E-state index in [9.17, 15) is 4.79 Å². The summed E-state index contributed by atoms with van der Waals surface area (Å²) in [7, 11) is 1.58. The summed E-state index contributed by atoms with van der Waals surface area (Å²) in [5, 5.41) is 0. The number of anilines is 1. The maximum atomic E-state index is 12.0. The first-order valence-electron chi connectivity index (χ1n) is 9.77. The largest absolute Gasteiger partial charge is 0.375 e. The molecule has 0 aromatic heterocycles. The molecule has 6 heteroatoms. The number of rotatable bonds is 6. The Labute approximate surface area is 157 Å². The Morgan fingerprint density at radius 1 is 0.885 bits per heavy atom. The molecule has 3 rings (SSSR count). The van der Waals surface area contributed by atoms with Crippen molar-refractivity contribution in [2.75, 3.05) is 84.1 Å². The van der Waals surface area contributed by atoms with E-state index in [1.807, 2.05) is 4.90 Å². The molecule has 2 saturated heterocycles. The van der Waals surface area contributed by atoms with E-state index in [0.717, 1.165) is 71.9 Å². The molecule has 0 N–H and O–H groups in total. The first kappa shape index (κ1) is 19.1. The average Bonchev–Trinajstić information content (AvgIpc) is 2.93. The number of para-hydroxylation sites is 1. The highest BCUT2D eigenvalue weighted by atomic mass is 16.5. The number of hydrogen-bond donors (Lipinski definition) is 0. The molecule has 0 radical (unpaired) electrons. The molecule has 0 aliphatic carbocycles. The number of benzene rings is 1. The third-order valence-corrected chi connectivity index (χ3v) is 5.44. The van der Waals surface area contributed by atoms with Crippen molar-refractivity contribution in [3.63, 3.8) is 0 Å². The van der Waals surface area contributed by atoms with Gasteiger partial charge in [-0.25, -0.2) is 0 Å². The van der Waals surface area contributed by atoms with Gasteiger partial charge in [0.05, 0.1) is 0 Å². The summed E-state index contributed by atoms with van der Waals surface area (Å²) in [6.07, 6.45) is 1.05. The van der Waals surface area contributed by atoms with E-state index >= 15 is 0 Å². The van der Waals surface area contributed by atoms with E-state index in [1.165, 1.54) is 5.69 Å². The highest BCUT2D eigenvalue weighted by molar-refractivity contribution is 5.77. The first-order chi connectivity index (χ1) is 12.8. The molecule has 0 saturated carbocycles. The van der Waals surface area contributed by atoms with E-state index in [4.69, 9.17) is 4.74 Å². The van der Waals surface area contributed by atoms with Crippen LogP contribution in [0, 0.1) is 0 Å². The van der Waals surface area contributed by atoms with Crippen LogP contribution in [0.4, 0.5) is 5.69 Å². The van der Waals surface area contributed by atoms with E-state index < -0.39 is 0 Å². The number of carbonyl (C=O) groups is 1. The SMILES string of the molecule is COCC(=O)N1CCCN(CCN2CCN(c3ccccc3)CC2)CC1. The van der Waals surface area contributed by atoms with Crippen LogP contribution in [0.15, 0.2) is 30.3 Å². The normalized spacial score (nSPS) is 20.2. The van der Waals surface area contributed by atoms with E-state index in [-0.39, 0.29) is 12.5 Å². The highest BCUT2D eigenvalue weighted by Gasteiger charge is 2.21. The van der Waals surface area contributed by atoms with E-state index in [2.05, 4.69) is 45.0 Å². The predicted molar refractivity (Wildman–Crippen MR) is 105 cm³/mol. The first-order valence-corrected chi connectivity index (χ1v) is 9.77. The fraction of sp³-hybridized carbons (Fsp3) is 0.650. The van der Waals surface area contributed by atoms with Gasteiger partial charge >= 0.3 is 0 Å². The van der Waals surface area contributed by atoms with Crippen molar-refractivity contribution < 1.29 is 9.53 Å². The molecule has 1 amide bonds. The second-order valence-corrected chi connectivity index (χ2v) is 7.17. The predicted octanol–water partition coefficient (Wildman–Crippen LogP) is 0.989. The Kier molecular flexibility index (Phi) is 7.29. The van der Waals surface area contributed by atoms with E-state index in [1.54, 1.807) is 7.11 Å². The van der Waals surface area contributed by atoms with Gasteiger partial charge in [0.2, 0.25) is 5.91 Å². The molecule has 2 aliphatic rings. The topological polar surface area (TPSA) is 39.3 Å². The Morgan fingerprint density at radius 2 is 1.54 bits per heavy atom. The summed E-state index contributed by atoms with van der Waals surface area (Å²) in [5.41, 5.74) is 1.33. The van der Waals surface area contributed by atoms with Crippen molar-refractivity contribution in [2.24, 2.45) is 0 Å². The molecular formula is C20H32N4O2. The number of carbonyl (C=O) groups excluding carboxylic acids is 1. The summed E-state index contributed by atoms with van der Waals surface area (Å²) < 4.78 is 4.98. The lowest BCUT2D eigenvalue weighted by atomic mass is 10.2. The number of ether oxygens (including phenoxy) is 1. The van der Waals surface area contributed by atoms with Crippen LogP contribution >= 0.6 is 0 Å². The van der Waals surface area contributed by atoms with Crippen LogP contribution in [0.5, 0.6) is 0 Å². The monoisotopic (exact) mass is 360 g/mol. The van der Waals surface area contributed by atoms with Gasteiger partial charge in [0.25, 0.3) is 0 Å². The minimum Gasteiger partial charge on any atom is -0.375 e. The van der Waals surface area contributed by atoms with Crippen molar-refractivity contribution in [1.29, 1.82) is 0 Å². The molecule has 2 fully saturated rings. The molecule has 1 aromatic rings. The van der Waals surface area contributed by atoms with Gasteiger partial charge in [-0.05, 0) is 25.1 Å². The van der Waals surface area contributed by atoms with Crippen LogP contribution in [0.25, 0.3) is 0 Å². The zero-order valence-electron chi connectivity index (χ0n) is 16.0. The van der Waals surface area contributed by atoms with Gasteiger partial charge in [-0.3, -0.25) is 9.69 Å². The summed E-state index contributed by atoms with van der Waals surface area (Å²) in [5.74, 6) is 0.117. The fourth-order valence-corrected chi connectivity index (χ4v) is 3.81. The molecule has 144 valence electrons. The standard InChI is InChI=1S/C20H32N4O2/c1-26-18-20(25)24-9-5-8-21(14-17-24)10-11-22-12-15-23(16-13-22)19-6-3-2-4-7-19/h2-4,6-7H,5,8-18H2,1H3. The minimum absolute atomic E-state index is 0.117. The van der Waals surface area contributed by atoms with Crippen LogP contribution in [0.2, 0.25) is 0 Å². The molecule has 6 nitrogen and oxygen atoms in total. The second kappa shape index (κ2) is 9.90. The Bertz CT molecular complexity index is 546. The average molecular weight is 361 g/mol. The van der Waals surface area contributed by atoms with Crippen LogP contribution in [-0.2, 0) is 9.53 Å². The molecule has 26 heavy (non-hydrogen) atoms. The number of methoxy groups -OCH3 is 1. The van der Waals surface area contributed by atoms with Gasteiger partial charge < -0.3 is 19.4 Å². The van der Waals surface area contributed by atoms with E-state index in [0.29, 0.717) is 0 Å². The number of hydrogen-bond acceptors (Lipinski definition) is 5. The molecule has 2 heterocycles. The summed E-state index contributed by atoms with van der Waals surface area (Å²) in [4.78, 5) is 21.5. The highest BCUT2D eigenvalue weighted by Crippen LogP contribution is 2.15. The Balaban J connectivity index is 1.37. The van der Waals surface area contributed by atoms with Crippen molar-refractivity contribution in [3.8, 4) is 0 Å². The Hall–Kier alpha value is -1.63. The lowest BCUT2D eigenvalue weighted by Crippen LogP contribution is -2.48. The lowest BCUT2D eigenvalue weighted by molar-refractivity contribution is -0.135. The minimum atomic E-state index is 0.117. The third-order valence-electron chi connectivity index (χ3n) is 5.44. The van der Waals surface area contributed by atoms with Gasteiger partial charge in [0.15, 0.2) is 0 Å². The Morgan fingerprint density at radius 3 is 2.23 bits per heavy atom. The number of piperazine rings is 1. The van der Waals surface area contributed by atoms with Crippen LogP contribution in [0.1, 0.15) is 6.42 Å². The maximum absolute atomic E-state index is 12.0. The summed E-state index contributed by atoms with van der Waals surface area (Å²) in [6, 6.07) is 10.7. The van der Waals surface area contributed by atoms with Gasteiger partial charge in [-0.2, -0.15) is 0 Å². The summed E-state index contributed by atoms with van der Waals surface area (Å²) >= 11 is 0. The molecular weight excluding hydrogens is 328 g/mol. The number of amides is 1. The van der Waals surface area contributed by atoms with Crippen molar-refractivity contribution in [2.45, 2.75) is 6.42 Å². The quantitative estimate of drug-likeness (QED) is 0.757. The van der Waals surface area contributed by atoms with Gasteiger partial charge in [-0.15, -0.1) is 0 Å². The zero-order chi connectivity index (χ0) is 18.2. The van der Waals surface area contributed by atoms with Crippen molar-refractivity contribution in [1.82, 2.24) is 14.7 Å². The molecule has 1 aromatic carbocycles.